The maximum atomic E-state index is 13.5. The SMILES string of the molecule is COc1ccc(-c2cc(=O)c3c(NCC(C)C)cc(OCc4ccccc4)cc3o2)cc1OCc1ccccc1. The Morgan fingerprint density at radius 3 is 2.10 bits per heavy atom. The summed E-state index contributed by atoms with van der Waals surface area (Å²) in [5.41, 5.74) is 3.79. The molecular weight excluding hydrogens is 502 g/mol. The summed E-state index contributed by atoms with van der Waals surface area (Å²) in [6.45, 7) is 5.73. The number of fused-ring (bicyclic) bond motifs is 1. The maximum Gasteiger partial charge on any atom is 0.195 e. The minimum absolute atomic E-state index is 0.139. The molecule has 0 radical (unpaired) electrons. The average molecular weight is 536 g/mol. The lowest BCUT2D eigenvalue weighted by molar-refractivity contribution is 0.284. The van der Waals surface area contributed by atoms with Crippen molar-refractivity contribution in [3.05, 3.63) is 118 Å². The number of hydrogen-bond donors (Lipinski definition) is 1. The van der Waals surface area contributed by atoms with Crippen LogP contribution in [0.3, 0.4) is 0 Å². The van der Waals surface area contributed by atoms with E-state index in [-0.39, 0.29) is 5.43 Å². The fourth-order valence-corrected chi connectivity index (χ4v) is 4.36. The van der Waals surface area contributed by atoms with E-state index in [1.54, 1.807) is 13.2 Å². The minimum atomic E-state index is -0.139. The molecule has 0 bridgehead atoms. The first-order chi connectivity index (χ1) is 19.5. The van der Waals surface area contributed by atoms with E-state index >= 15 is 0 Å². The predicted molar refractivity (Wildman–Crippen MR) is 159 cm³/mol. The first-order valence-electron chi connectivity index (χ1n) is 13.4. The molecule has 0 saturated carbocycles. The molecule has 0 atom stereocenters. The van der Waals surface area contributed by atoms with Crippen LogP contribution in [-0.4, -0.2) is 13.7 Å². The third kappa shape index (κ3) is 6.46. The highest BCUT2D eigenvalue weighted by Crippen LogP contribution is 2.35. The van der Waals surface area contributed by atoms with Gasteiger partial charge in [-0.25, -0.2) is 0 Å². The Balaban J connectivity index is 1.51. The number of ether oxygens (including phenoxy) is 3. The molecule has 0 aliphatic rings. The van der Waals surface area contributed by atoms with Gasteiger partial charge in [0.05, 0.1) is 18.2 Å². The summed E-state index contributed by atoms with van der Waals surface area (Å²) in [5, 5.41) is 3.90. The second kappa shape index (κ2) is 12.4. The van der Waals surface area contributed by atoms with Gasteiger partial charge in [-0.15, -0.1) is 0 Å². The van der Waals surface area contributed by atoms with Gasteiger partial charge in [0.25, 0.3) is 0 Å². The van der Waals surface area contributed by atoms with Crippen LogP contribution in [0.15, 0.2) is 106 Å². The molecule has 4 aromatic carbocycles. The molecule has 0 aliphatic carbocycles. The van der Waals surface area contributed by atoms with E-state index in [1.165, 1.54) is 6.07 Å². The van der Waals surface area contributed by atoms with Crippen LogP contribution in [0, 0.1) is 5.92 Å². The van der Waals surface area contributed by atoms with E-state index in [1.807, 2.05) is 84.9 Å². The number of benzene rings is 4. The Morgan fingerprint density at radius 1 is 0.775 bits per heavy atom. The van der Waals surface area contributed by atoms with Crippen molar-refractivity contribution in [1.82, 2.24) is 0 Å². The van der Waals surface area contributed by atoms with Gasteiger partial charge in [0.1, 0.15) is 30.3 Å². The second-order valence-electron chi connectivity index (χ2n) is 10.0. The topological polar surface area (TPSA) is 69.9 Å². The molecule has 0 unspecified atom stereocenters. The monoisotopic (exact) mass is 535 g/mol. The van der Waals surface area contributed by atoms with Gasteiger partial charge in [0.2, 0.25) is 0 Å². The molecule has 5 rings (SSSR count). The van der Waals surface area contributed by atoms with Gasteiger partial charge in [-0.2, -0.15) is 0 Å². The zero-order valence-corrected chi connectivity index (χ0v) is 23.0. The van der Waals surface area contributed by atoms with Crippen molar-refractivity contribution < 1.29 is 18.6 Å². The van der Waals surface area contributed by atoms with Crippen LogP contribution in [0.25, 0.3) is 22.3 Å². The van der Waals surface area contributed by atoms with Crippen molar-refractivity contribution in [2.75, 3.05) is 19.0 Å². The fourth-order valence-electron chi connectivity index (χ4n) is 4.36. The summed E-state index contributed by atoms with van der Waals surface area (Å²) >= 11 is 0. The Bertz CT molecular complexity index is 1630. The van der Waals surface area contributed by atoms with Crippen LogP contribution >= 0.6 is 0 Å². The molecule has 6 heteroatoms. The molecule has 0 saturated heterocycles. The number of rotatable bonds is 11. The second-order valence-corrected chi connectivity index (χ2v) is 10.0. The van der Waals surface area contributed by atoms with E-state index in [0.717, 1.165) is 11.1 Å². The van der Waals surface area contributed by atoms with Crippen molar-refractivity contribution in [3.8, 4) is 28.6 Å². The fraction of sp³-hybridized carbons (Fsp3) is 0.206. The maximum absolute atomic E-state index is 13.5. The Kier molecular flexibility index (Phi) is 8.35. The van der Waals surface area contributed by atoms with Crippen molar-refractivity contribution >= 4 is 16.7 Å². The van der Waals surface area contributed by atoms with E-state index in [0.29, 0.717) is 70.9 Å². The molecular formula is C34H33NO5. The van der Waals surface area contributed by atoms with Gasteiger partial charge < -0.3 is 23.9 Å². The summed E-state index contributed by atoms with van der Waals surface area (Å²) in [6, 6.07) is 30.5. The summed E-state index contributed by atoms with van der Waals surface area (Å²) in [7, 11) is 1.60. The van der Waals surface area contributed by atoms with E-state index < -0.39 is 0 Å². The van der Waals surface area contributed by atoms with Gasteiger partial charge in [0, 0.05) is 30.3 Å². The van der Waals surface area contributed by atoms with Gasteiger partial charge in [0.15, 0.2) is 16.9 Å². The van der Waals surface area contributed by atoms with Gasteiger partial charge in [-0.3, -0.25) is 4.79 Å². The zero-order chi connectivity index (χ0) is 27.9. The van der Waals surface area contributed by atoms with Crippen LogP contribution in [0.4, 0.5) is 5.69 Å². The van der Waals surface area contributed by atoms with Crippen LogP contribution in [-0.2, 0) is 13.2 Å². The molecule has 5 aromatic rings. The molecule has 0 aliphatic heterocycles. The highest BCUT2D eigenvalue weighted by atomic mass is 16.5. The predicted octanol–water partition coefficient (Wildman–Crippen LogP) is 7.69. The van der Waals surface area contributed by atoms with Crippen molar-refractivity contribution in [1.29, 1.82) is 0 Å². The van der Waals surface area contributed by atoms with Crippen LogP contribution in [0.5, 0.6) is 17.2 Å². The molecule has 1 heterocycles. The highest BCUT2D eigenvalue weighted by molar-refractivity contribution is 5.92. The summed E-state index contributed by atoms with van der Waals surface area (Å²) in [5.74, 6) is 2.60. The normalized spacial score (nSPS) is 11.0. The number of anilines is 1. The standard InChI is InChI=1S/C34H33NO5/c1-23(2)20-35-28-17-27(38-21-24-10-6-4-7-11-24)18-33-34(28)29(36)19-31(40-33)26-14-15-30(37-3)32(16-26)39-22-25-12-8-5-9-13-25/h4-19,23,35H,20-22H2,1-3H3. The highest BCUT2D eigenvalue weighted by Gasteiger charge is 2.16. The van der Waals surface area contributed by atoms with Gasteiger partial charge in [-0.05, 0) is 35.2 Å². The molecule has 1 aromatic heterocycles. The number of hydrogen-bond acceptors (Lipinski definition) is 6. The molecule has 1 N–H and O–H groups in total. The summed E-state index contributed by atoms with van der Waals surface area (Å²) < 4.78 is 24.1. The molecule has 0 amide bonds. The third-order valence-electron chi connectivity index (χ3n) is 6.44. The molecule has 6 nitrogen and oxygen atoms in total. The smallest absolute Gasteiger partial charge is 0.195 e. The van der Waals surface area contributed by atoms with Crippen LogP contribution in [0.1, 0.15) is 25.0 Å². The van der Waals surface area contributed by atoms with Gasteiger partial charge >= 0.3 is 0 Å². The number of methoxy groups -OCH3 is 1. The Hall–Kier alpha value is -4.71. The average Bonchev–Trinajstić information content (AvgIpc) is 2.98. The van der Waals surface area contributed by atoms with E-state index in [9.17, 15) is 4.79 Å². The minimum Gasteiger partial charge on any atom is -0.493 e. The molecule has 0 spiro atoms. The Morgan fingerprint density at radius 2 is 1.45 bits per heavy atom. The quantitative estimate of drug-likeness (QED) is 0.187. The lowest BCUT2D eigenvalue weighted by atomic mass is 10.1. The third-order valence-corrected chi connectivity index (χ3v) is 6.44. The summed E-state index contributed by atoms with van der Waals surface area (Å²) in [6.07, 6.45) is 0. The summed E-state index contributed by atoms with van der Waals surface area (Å²) in [4.78, 5) is 13.5. The lowest BCUT2D eigenvalue weighted by Gasteiger charge is -2.15. The van der Waals surface area contributed by atoms with Crippen molar-refractivity contribution in [2.24, 2.45) is 5.92 Å². The van der Waals surface area contributed by atoms with E-state index in [2.05, 4.69) is 19.2 Å². The van der Waals surface area contributed by atoms with Crippen molar-refractivity contribution in [3.63, 3.8) is 0 Å². The molecule has 0 fully saturated rings. The Labute approximate surface area is 234 Å². The van der Waals surface area contributed by atoms with Crippen LogP contribution in [0.2, 0.25) is 0 Å². The van der Waals surface area contributed by atoms with E-state index in [4.69, 9.17) is 18.6 Å². The zero-order valence-electron chi connectivity index (χ0n) is 23.0. The number of nitrogens with one attached hydrogen (secondary N) is 1. The molecule has 40 heavy (non-hydrogen) atoms. The lowest BCUT2D eigenvalue weighted by Crippen LogP contribution is -2.11. The van der Waals surface area contributed by atoms with Crippen LogP contribution < -0.4 is 25.0 Å². The first kappa shape index (κ1) is 26.9. The van der Waals surface area contributed by atoms with Gasteiger partial charge in [-0.1, -0.05) is 74.5 Å². The molecule has 204 valence electrons. The van der Waals surface area contributed by atoms with Crippen molar-refractivity contribution in [2.45, 2.75) is 27.1 Å². The first-order valence-corrected chi connectivity index (χ1v) is 13.4. The largest absolute Gasteiger partial charge is 0.493 e.